The molecule has 2 aromatic heterocycles. The van der Waals surface area contributed by atoms with Gasteiger partial charge in [-0.15, -0.1) is 0 Å². The summed E-state index contributed by atoms with van der Waals surface area (Å²) in [5.41, 5.74) is -0.687. The smallest absolute Gasteiger partial charge is 0.341 e. The minimum absolute atomic E-state index is 0.00330. The van der Waals surface area contributed by atoms with Gasteiger partial charge in [0, 0.05) is 44.0 Å². The second-order valence-electron chi connectivity index (χ2n) is 8.18. The van der Waals surface area contributed by atoms with E-state index in [0.717, 1.165) is 18.9 Å². The third kappa shape index (κ3) is 3.81. The van der Waals surface area contributed by atoms with E-state index in [-0.39, 0.29) is 27.7 Å². The maximum atomic E-state index is 15.0. The molecule has 1 aliphatic heterocycles. The van der Waals surface area contributed by atoms with Crippen molar-refractivity contribution in [2.45, 2.75) is 23.8 Å². The minimum atomic E-state index is -3.66. The van der Waals surface area contributed by atoms with Crippen LogP contribution in [0.1, 0.15) is 29.2 Å². The van der Waals surface area contributed by atoms with E-state index in [4.69, 9.17) is 0 Å². The molecular weight excluding hydrogens is 451 g/mol. The lowest BCUT2D eigenvalue weighted by molar-refractivity contribution is 0.0694. The average Bonchev–Trinajstić information content (AvgIpc) is 3.65. The molecule has 5 rings (SSSR count). The summed E-state index contributed by atoms with van der Waals surface area (Å²) in [5.74, 6) is -2.16. The summed E-state index contributed by atoms with van der Waals surface area (Å²) in [7, 11) is -3.66. The molecule has 0 atom stereocenters. The molecule has 172 valence electrons. The monoisotopic (exact) mass is 472 g/mol. The quantitative estimate of drug-likeness (QED) is 0.581. The van der Waals surface area contributed by atoms with Crippen molar-refractivity contribution in [1.82, 2.24) is 19.2 Å². The zero-order valence-electron chi connectivity index (χ0n) is 17.5. The molecule has 3 heterocycles. The van der Waals surface area contributed by atoms with Crippen molar-refractivity contribution in [3.8, 4) is 11.3 Å². The summed E-state index contributed by atoms with van der Waals surface area (Å²) in [6.45, 7) is 1.91. The summed E-state index contributed by atoms with van der Waals surface area (Å²) in [6.07, 6.45) is 2.89. The number of nitrogens with zero attached hydrogens (tertiary/aromatic N) is 3. The molecule has 1 aliphatic carbocycles. The van der Waals surface area contributed by atoms with Gasteiger partial charge >= 0.3 is 5.97 Å². The second-order valence-corrected chi connectivity index (χ2v) is 10.1. The Morgan fingerprint density at radius 2 is 1.82 bits per heavy atom. The van der Waals surface area contributed by atoms with Crippen LogP contribution >= 0.6 is 0 Å². The van der Waals surface area contributed by atoms with Crippen LogP contribution in [0.5, 0.6) is 0 Å². The molecule has 2 N–H and O–H groups in total. The van der Waals surface area contributed by atoms with Gasteiger partial charge < -0.3 is 15.0 Å². The molecule has 2 fully saturated rings. The predicted octanol–water partition coefficient (Wildman–Crippen LogP) is 1.83. The molecule has 0 bridgehead atoms. The summed E-state index contributed by atoms with van der Waals surface area (Å²) in [4.78, 5) is 28.6. The van der Waals surface area contributed by atoms with E-state index in [1.54, 1.807) is 4.57 Å². The van der Waals surface area contributed by atoms with E-state index in [1.807, 2.05) is 0 Å². The number of fused-ring (bicyclic) bond motifs is 1. The predicted molar refractivity (Wildman–Crippen MR) is 118 cm³/mol. The van der Waals surface area contributed by atoms with Crippen LogP contribution in [0.25, 0.3) is 22.3 Å². The first-order valence-electron chi connectivity index (χ1n) is 10.6. The van der Waals surface area contributed by atoms with Gasteiger partial charge in [0.25, 0.3) is 0 Å². The first-order chi connectivity index (χ1) is 15.8. The number of carboxylic acids is 1. The minimum Gasteiger partial charge on any atom is -0.477 e. The largest absolute Gasteiger partial charge is 0.477 e. The molecule has 1 aromatic carbocycles. The normalized spacial score (nSPS) is 17.4. The molecule has 2 aliphatic rings. The topological polar surface area (TPSA) is 122 Å². The Balaban J connectivity index is 1.58. The molecule has 0 amide bonds. The number of carboxylic acid groups (broad SMARTS) is 1. The number of pyridine rings is 2. The number of nitrogens with one attached hydrogen (secondary N) is 1. The first-order valence-corrected chi connectivity index (χ1v) is 12.0. The van der Waals surface area contributed by atoms with Crippen molar-refractivity contribution < 1.29 is 22.7 Å². The van der Waals surface area contributed by atoms with E-state index in [9.17, 15) is 23.1 Å². The van der Waals surface area contributed by atoms with Crippen LogP contribution < -0.4 is 10.7 Å². The lowest BCUT2D eigenvalue weighted by Crippen LogP contribution is -2.46. The molecule has 0 spiro atoms. The highest BCUT2D eigenvalue weighted by Crippen LogP contribution is 2.37. The van der Waals surface area contributed by atoms with E-state index < -0.39 is 32.8 Å². The Morgan fingerprint density at radius 3 is 2.42 bits per heavy atom. The number of halogens is 1. The van der Waals surface area contributed by atoms with Crippen LogP contribution in [0.2, 0.25) is 0 Å². The van der Waals surface area contributed by atoms with Crippen LogP contribution in [0.4, 0.5) is 4.39 Å². The van der Waals surface area contributed by atoms with Gasteiger partial charge in [0.05, 0.1) is 10.3 Å². The van der Waals surface area contributed by atoms with Crippen molar-refractivity contribution in [2.24, 2.45) is 0 Å². The molecule has 11 heteroatoms. The highest BCUT2D eigenvalue weighted by Gasteiger charge is 2.29. The Morgan fingerprint density at radius 1 is 1.15 bits per heavy atom. The van der Waals surface area contributed by atoms with Gasteiger partial charge in [-0.25, -0.2) is 22.6 Å². The number of hydrogen-bond donors (Lipinski definition) is 2. The molecule has 1 saturated heterocycles. The van der Waals surface area contributed by atoms with Crippen molar-refractivity contribution >= 4 is 27.0 Å². The molecular formula is C22H21FN4O5S. The molecule has 0 radical (unpaired) electrons. The number of carbonyl (C=O) groups is 1. The number of piperazine rings is 1. The van der Waals surface area contributed by atoms with Crippen molar-refractivity contribution in [2.75, 3.05) is 26.2 Å². The van der Waals surface area contributed by atoms with Crippen LogP contribution in [0.3, 0.4) is 0 Å². The molecule has 0 unspecified atom stereocenters. The van der Waals surface area contributed by atoms with Crippen molar-refractivity contribution in [3.05, 3.63) is 58.1 Å². The van der Waals surface area contributed by atoms with Crippen molar-refractivity contribution in [1.29, 1.82) is 0 Å². The van der Waals surface area contributed by atoms with Crippen LogP contribution in [0, 0.1) is 5.82 Å². The zero-order valence-corrected chi connectivity index (χ0v) is 18.3. The number of benzene rings is 1. The number of aromatic nitrogens is 2. The fourth-order valence-corrected chi connectivity index (χ4v) is 5.49. The Kier molecular flexibility index (Phi) is 5.26. The zero-order chi connectivity index (χ0) is 23.3. The van der Waals surface area contributed by atoms with E-state index >= 15 is 4.39 Å². The van der Waals surface area contributed by atoms with Gasteiger partial charge in [0.1, 0.15) is 22.7 Å². The second kappa shape index (κ2) is 8.01. The Labute approximate surface area is 188 Å². The third-order valence-electron chi connectivity index (χ3n) is 5.97. The summed E-state index contributed by atoms with van der Waals surface area (Å²) < 4.78 is 43.7. The summed E-state index contributed by atoms with van der Waals surface area (Å²) in [5, 5.41) is 12.4. The first kappa shape index (κ1) is 21.7. The van der Waals surface area contributed by atoms with Crippen molar-refractivity contribution in [3.63, 3.8) is 0 Å². The molecule has 33 heavy (non-hydrogen) atoms. The fraction of sp³-hybridized carbons (Fsp3) is 0.318. The van der Waals surface area contributed by atoms with Crippen LogP contribution in [-0.2, 0) is 10.0 Å². The Bertz CT molecular complexity index is 1430. The van der Waals surface area contributed by atoms with Gasteiger partial charge in [0.15, 0.2) is 0 Å². The van der Waals surface area contributed by atoms with Crippen LogP contribution in [0.15, 0.2) is 46.2 Å². The van der Waals surface area contributed by atoms with E-state index in [1.165, 1.54) is 34.8 Å². The molecule has 9 nitrogen and oxygen atoms in total. The number of aromatic carboxylic acids is 1. The maximum Gasteiger partial charge on any atom is 0.341 e. The van der Waals surface area contributed by atoms with Gasteiger partial charge in [-0.05, 0) is 31.0 Å². The summed E-state index contributed by atoms with van der Waals surface area (Å²) in [6, 6.07) is 6.81. The average molecular weight is 472 g/mol. The van der Waals surface area contributed by atoms with Gasteiger partial charge in [-0.2, -0.15) is 4.31 Å². The van der Waals surface area contributed by atoms with Gasteiger partial charge in [0.2, 0.25) is 15.5 Å². The number of rotatable bonds is 5. The number of sulfonamides is 1. The molecule has 1 saturated carbocycles. The van der Waals surface area contributed by atoms with E-state index in [2.05, 4.69) is 10.3 Å². The fourth-order valence-electron chi connectivity index (χ4n) is 4.05. The number of hydrogen-bond acceptors (Lipinski definition) is 6. The standard InChI is InChI=1S/C22H21FN4O5S/c23-18-11-16-20(28)17(22(29)30)12-27(14-3-4-14)21(16)25-19(18)13-1-5-15(6-2-13)33(31,32)26-9-7-24-8-10-26/h1-2,5-6,11-12,14,24H,3-4,7-10H2,(H,29,30). The lowest BCUT2D eigenvalue weighted by Gasteiger charge is -2.26. The van der Waals surface area contributed by atoms with Gasteiger partial charge in [-0.1, -0.05) is 12.1 Å². The Hall–Kier alpha value is -3.15. The lowest BCUT2D eigenvalue weighted by atomic mass is 10.1. The summed E-state index contributed by atoms with van der Waals surface area (Å²) >= 11 is 0. The highest BCUT2D eigenvalue weighted by atomic mass is 32.2. The highest BCUT2D eigenvalue weighted by molar-refractivity contribution is 7.89. The van der Waals surface area contributed by atoms with Gasteiger partial charge in [-0.3, -0.25) is 4.79 Å². The maximum absolute atomic E-state index is 15.0. The van der Waals surface area contributed by atoms with E-state index in [0.29, 0.717) is 31.7 Å². The third-order valence-corrected chi connectivity index (χ3v) is 7.88. The van der Waals surface area contributed by atoms with Crippen LogP contribution in [-0.4, -0.2) is 59.5 Å². The molecule has 3 aromatic rings. The SMILES string of the molecule is O=C(O)c1cn(C2CC2)c2nc(-c3ccc(S(=O)(=O)N4CCNCC4)cc3)c(F)cc2c1=O.